The number of nitrogens with zero attached hydrogens (tertiary/aromatic N) is 2. The lowest BCUT2D eigenvalue weighted by Gasteiger charge is -2.17. The fraction of sp³-hybridized carbons (Fsp3) is 0.208. The van der Waals surface area contributed by atoms with Gasteiger partial charge in [0.25, 0.3) is 0 Å². The molecule has 0 N–H and O–H groups in total. The van der Waals surface area contributed by atoms with Gasteiger partial charge in [-0.2, -0.15) is 0 Å². The van der Waals surface area contributed by atoms with E-state index in [0.29, 0.717) is 6.61 Å². The molecule has 6 heteroatoms. The van der Waals surface area contributed by atoms with Gasteiger partial charge in [-0.15, -0.1) is 11.3 Å². The molecule has 2 aromatic heterocycles. The molecule has 1 aliphatic rings. The maximum atomic E-state index is 6.08. The average molecular weight is 419 g/mol. The van der Waals surface area contributed by atoms with Crippen molar-refractivity contribution in [3.63, 3.8) is 0 Å². The van der Waals surface area contributed by atoms with Gasteiger partial charge in [-0.3, -0.25) is 4.90 Å². The molecule has 30 heavy (non-hydrogen) atoms. The van der Waals surface area contributed by atoms with E-state index in [4.69, 9.17) is 18.9 Å². The minimum absolute atomic E-state index is 0.623. The number of furan rings is 1. The Morgan fingerprint density at radius 1 is 1.20 bits per heavy atom. The second-order valence-corrected chi connectivity index (χ2v) is 8.19. The predicted molar refractivity (Wildman–Crippen MR) is 120 cm³/mol. The van der Waals surface area contributed by atoms with Crippen LogP contribution in [0.15, 0.2) is 65.3 Å². The lowest BCUT2D eigenvalue weighted by atomic mass is 10.1. The molecule has 3 heterocycles. The van der Waals surface area contributed by atoms with Gasteiger partial charge in [-0.1, -0.05) is 18.2 Å². The van der Waals surface area contributed by atoms with Crippen LogP contribution >= 0.6 is 11.3 Å². The number of benzene rings is 2. The molecular weight excluding hydrogens is 396 g/mol. The minimum Gasteiger partial charge on any atom is -0.493 e. The van der Waals surface area contributed by atoms with Crippen molar-refractivity contribution in [1.29, 1.82) is 0 Å². The molecule has 5 nitrogen and oxygen atoms in total. The largest absolute Gasteiger partial charge is 0.493 e. The molecule has 0 bridgehead atoms. The first-order chi connectivity index (χ1) is 14.8. The van der Waals surface area contributed by atoms with E-state index in [1.54, 1.807) is 24.7 Å². The third kappa shape index (κ3) is 3.84. The Labute approximate surface area is 179 Å². The lowest BCUT2D eigenvalue weighted by Crippen LogP contribution is -2.25. The van der Waals surface area contributed by atoms with E-state index >= 15 is 0 Å². The Bertz CT molecular complexity index is 1150. The molecule has 0 saturated heterocycles. The summed E-state index contributed by atoms with van der Waals surface area (Å²) in [4.78, 5) is 7.17. The molecule has 0 amide bonds. The zero-order valence-electron chi connectivity index (χ0n) is 16.7. The van der Waals surface area contributed by atoms with Gasteiger partial charge in [0, 0.05) is 30.8 Å². The van der Waals surface area contributed by atoms with E-state index < -0.39 is 0 Å². The Kier molecular flexibility index (Phi) is 5.26. The molecular formula is C24H22N2O3S. The van der Waals surface area contributed by atoms with Crippen molar-refractivity contribution in [2.24, 2.45) is 0 Å². The van der Waals surface area contributed by atoms with E-state index in [-0.39, 0.29) is 0 Å². The quantitative estimate of drug-likeness (QED) is 0.430. The van der Waals surface area contributed by atoms with E-state index in [0.717, 1.165) is 58.5 Å². The van der Waals surface area contributed by atoms with Crippen LogP contribution in [0.2, 0.25) is 0 Å². The maximum Gasteiger partial charge on any atom is 0.165 e. The van der Waals surface area contributed by atoms with E-state index in [2.05, 4.69) is 23.1 Å². The fourth-order valence-electron chi connectivity index (χ4n) is 3.67. The summed E-state index contributed by atoms with van der Waals surface area (Å²) in [7, 11) is 1.69. The molecule has 0 radical (unpaired) electrons. The van der Waals surface area contributed by atoms with Crippen LogP contribution in [-0.2, 0) is 6.54 Å². The monoisotopic (exact) mass is 418 g/mol. The Balaban J connectivity index is 1.44. The number of hydrogen-bond donors (Lipinski definition) is 0. The van der Waals surface area contributed by atoms with Crippen molar-refractivity contribution >= 4 is 27.6 Å². The van der Waals surface area contributed by atoms with Crippen molar-refractivity contribution in [2.45, 2.75) is 6.54 Å². The highest BCUT2D eigenvalue weighted by Crippen LogP contribution is 2.40. The third-order valence-electron chi connectivity index (χ3n) is 5.13. The molecule has 0 atom stereocenters. The molecule has 0 unspecified atom stereocenters. The Hall–Kier alpha value is -3.09. The summed E-state index contributed by atoms with van der Waals surface area (Å²) in [6.07, 6.45) is 5.81. The maximum absolute atomic E-state index is 6.08. The summed E-state index contributed by atoms with van der Waals surface area (Å²) >= 11 is 1.70. The molecule has 5 rings (SSSR count). The van der Waals surface area contributed by atoms with E-state index in [1.165, 1.54) is 4.70 Å². The summed E-state index contributed by atoms with van der Waals surface area (Å²) in [6.45, 7) is 3.07. The molecule has 0 spiro atoms. The van der Waals surface area contributed by atoms with E-state index in [9.17, 15) is 0 Å². The molecule has 4 aromatic rings. The topological polar surface area (TPSA) is 47.7 Å². The molecule has 0 saturated carbocycles. The van der Waals surface area contributed by atoms with E-state index in [1.807, 2.05) is 42.5 Å². The summed E-state index contributed by atoms with van der Waals surface area (Å²) in [5.74, 6) is 2.45. The molecule has 1 aliphatic heterocycles. The number of fused-ring (bicyclic) bond motifs is 2. The highest BCUT2D eigenvalue weighted by molar-refractivity contribution is 7.21. The first-order valence-corrected chi connectivity index (χ1v) is 10.7. The minimum atomic E-state index is 0.623. The van der Waals surface area contributed by atoms with Crippen molar-refractivity contribution in [3.05, 3.63) is 72.2 Å². The number of rotatable bonds is 5. The van der Waals surface area contributed by atoms with Gasteiger partial charge >= 0.3 is 0 Å². The summed E-state index contributed by atoms with van der Waals surface area (Å²) in [6, 6.07) is 16.3. The first-order valence-electron chi connectivity index (χ1n) is 9.92. The zero-order chi connectivity index (χ0) is 20.3. The molecule has 0 fully saturated rings. The number of methoxy groups -OCH3 is 1. The average Bonchev–Trinajstić information content (AvgIpc) is 3.39. The highest BCUT2D eigenvalue weighted by Gasteiger charge is 2.21. The van der Waals surface area contributed by atoms with Crippen LogP contribution in [0, 0.1) is 0 Å². The van der Waals surface area contributed by atoms with Crippen LogP contribution in [0.3, 0.4) is 0 Å². The number of thiazole rings is 1. The third-order valence-corrected chi connectivity index (χ3v) is 6.21. The van der Waals surface area contributed by atoms with Gasteiger partial charge in [0.1, 0.15) is 17.4 Å². The van der Waals surface area contributed by atoms with Crippen molar-refractivity contribution in [2.75, 3.05) is 26.8 Å². The van der Waals surface area contributed by atoms with Gasteiger partial charge in [-0.05, 0) is 42.5 Å². The highest BCUT2D eigenvalue weighted by atomic mass is 32.1. The summed E-state index contributed by atoms with van der Waals surface area (Å²) in [5, 5.41) is 0.991. The second-order valence-electron chi connectivity index (χ2n) is 7.15. The smallest absolute Gasteiger partial charge is 0.165 e. The Morgan fingerprint density at radius 2 is 2.13 bits per heavy atom. The summed E-state index contributed by atoms with van der Waals surface area (Å²) in [5.41, 5.74) is 3.20. The van der Waals surface area contributed by atoms with Crippen molar-refractivity contribution in [3.8, 4) is 22.1 Å². The SMILES string of the molecule is COc1cc(-c2nc3ccccc3s2)cc2c1OCCN(C/C=C/c1ccco1)C2. The van der Waals surface area contributed by atoms with Gasteiger partial charge < -0.3 is 13.9 Å². The van der Waals surface area contributed by atoms with Crippen LogP contribution in [0.25, 0.3) is 26.9 Å². The number of para-hydroxylation sites is 1. The summed E-state index contributed by atoms with van der Waals surface area (Å²) < 4.78 is 18.3. The van der Waals surface area contributed by atoms with Gasteiger partial charge in [-0.25, -0.2) is 4.98 Å². The zero-order valence-corrected chi connectivity index (χ0v) is 17.5. The number of ether oxygens (including phenoxy) is 2. The van der Waals surface area contributed by atoms with Crippen molar-refractivity contribution < 1.29 is 13.9 Å². The van der Waals surface area contributed by atoms with Crippen LogP contribution in [0.4, 0.5) is 0 Å². The van der Waals surface area contributed by atoms with Crippen LogP contribution < -0.4 is 9.47 Å². The Morgan fingerprint density at radius 3 is 2.97 bits per heavy atom. The van der Waals surface area contributed by atoms with Crippen LogP contribution in [-0.4, -0.2) is 36.7 Å². The second kappa shape index (κ2) is 8.34. The van der Waals surface area contributed by atoms with Gasteiger partial charge in [0.15, 0.2) is 11.5 Å². The van der Waals surface area contributed by atoms with Crippen LogP contribution in [0.1, 0.15) is 11.3 Å². The number of aromatic nitrogens is 1. The normalized spacial score (nSPS) is 14.6. The standard InChI is InChI=1S/C24H22N2O3S/c1-27-21-15-17(24-25-20-8-2-3-9-22(20)30-24)14-18-16-26(11-13-29-23(18)21)10-4-6-19-7-5-12-28-19/h2-9,12,14-15H,10-11,13,16H2,1H3/b6-4+. The molecule has 2 aromatic carbocycles. The molecule has 0 aliphatic carbocycles. The van der Waals surface area contributed by atoms with Crippen LogP contribution in [0.5, 0.6) is 11.5 Å². The lowest BCUT2D eigenvalue weighted by molar-refractivity contribution is 0.238. The fourth-order valence-corrected chi connectivity index (χ4v) is 4.62. The van der Waals surface area contributed by atoms with Gasteiger partial charge in [0.2, 0.25) is 0 Å². The number of hydrogen-bond acceptors (Lipinski definition) is 6. The van der Waals surface area contributed by atoms with Crippen molar-refractivity contribution in [1.82, 2.24) is 9.88 Å². The first kappa shape index (κ1) is 18.9. The molecule has 152 valence electrons. The predicted octanol–water partition coefficient (Wildman–Crippen LogP) is 5.47. The van der Waals surface area contributed by atoms with Gasteiger partial charge in [0.05, 0.1) is 23.6 Å².